The maximum Gasteiger partial charge on any atom is 0.418 e. The van der Waals surface area contributed by atoms with Crippen LogP contribution in [0.4, 0.5) is 18.9 Å². The molecule has 0 aliphatic carbocycles. The summed E-state index contributed by atoms with van der Waals surface area (Å²) in [7, 11) is 1.53. The van der Waals surface area contributed by atoms with Gasteiger partial charge in [0.25, 0.3) is 0 Å². The number of anilines is 1. The topological polar surface area (TPSA) is 71.4 Å². The number of halogens is 3. The first-order valence-electron chi connectivity index (χ1n) is 13.4. The minimum atomic E-state index is -4.52. The Morgan fingerprint density at radius 3 is 2.50 bits per heavy atom. The smallest absolute Gasteiger partial charge is 0.418 e. The number of carbonyl (C=O) groups excluding carboxylic acids is 1. The molecule has 5 rings (SSSR count). The number of nitrogens with one attached hydrogen (secondary N) is 2. The zero-order valence-electron chi connectivity index (χ0n) is 23.3. The van der Waals surface area contributed by atoms with Crippen LogP contribution in [-0.2, 0) is 11.0 Å². The number of para-hydroxylation sites is 3. The van der Waals surface area contributed by atoms with Gasteiger partial charge in [0.05, 0.1) is 41.8 Å². The van der Waals surface area contributed by atoms with Crippen molar-refractivity contribution < 1.29 is 22.7 Å². The number of ether oxygens (including phenoxy) is 1. The monoisotopic (exact) mass is 593 g/mol. The molecule has 2 atom stereocenters. The highest BCUT2D eigenvalue weighted by Gasteiger charge is 2.42. The standard InChI is InChI=1S/C31H30F3N5O2S/c1-19-18-21(20(2)39(19)25-13-6-4-10-22(25)31(32,33)34)29-28(24-12-8-9-16-35-24)37-30(42)38(29)17-15-27(40)36-23-11-5-7-14-26(23)41-3/h4-14,16,18,28-29H,15,17H2,1-3H3,(H,36,40)(H,37,42)/t28-,29+/m1/s1. The Hall–Kier alpha value is -4.38. The molecule has 1 aliphatic rings. The molecule has 2 N–H and O–H groups in total. The summed E-state index contributed by atoms with van der Waals surface area (Å²) in [6.07, 6.45) is -2.72. The normalized spacial score (nSPS) is 16.8. The molecule has 1 fully saturated rings. The number of hydrogen-bond acceptors (Lipinski definition) is 4. The molecule has 7 nitrogen and oxygen atoms in total. The largest absolute Gasteiger partial charge is 0.495 e. The second kappa shape index (κ2) is 11.8. The van der Waals surface area contributed by atoms with Gasteiger partial charge in [0.2, 0.25) is 5.91 Å². The van der Waals surface area contributed by atoms with Gasteiger partial charge in [0.1, 0.15) is 5.75 Å². The maximum atomic E-state index is 14.0. The van der Waals surface area contributed by atoms with Gasteiger partial charge in [-0.25, -0.2) is 0 Å². The van der Waals surface area contributed by atoms with E-state index in [2.05, 4.69) is 15.6 Å². The molecular weight excluding hydrogens is 563 g/mol. The second-order valence-electron chi connectivity index (χ2n) is 10.00. The predicted molar refractivity (Wildman–Crippen MR) is 159 cm³/mol. The van der Waals surface area contributed by atoms with Gasteiger partial charge < -0.3 is 24.8 Å². The van der Waals surface area contributed by atoms with Crippen molar-refractivity contribution in [2.24, 2.45) is 0 Å². The fourth-order valence-corrected chi connectivity index (χ4v) is 5.87. The summed E-state index contributed by atoms with van der Waals surface area (Å²) >= 11 is 5.74. The Morgan fingerprint density at radius 1 is 1.07 bits per heavy atom. The van der Waals surface area contributed by atoms with Gasteiger partial charge in [-0.3, -0.25) is 9.78 Å². The van der Waals surface area contributed by atoms with E-state index in [-0.39, 0.29) is 30.6 Å². The summed E-state index contributed by atoms with van der Waals surface area (Å²) in [4.78, 5) is 19.5. The highest BCUT2D eigenvalue weighted by molar-refractivity contribution is 7.80. The van der Waals surface area contributed by atoms with Gasteiger partial charge in [-0.2, -0.15) is 13.2 Å². The van der Waals surface area contributed by atoms with E-state index in [4.69, 9.17) is 17.0 Å². The first-order chi connectivity index (χ1) is 20.1. The van der Waals surface area contributed by atoms with Crippen LogP contribution in [0.5, 0.6) is 5.75 Å². The number of pyridine rings is 1. The molecule has 0 bridgehead atoms. The molecule has 1 saturated heterocycles. The number of methoxy groups -OCH3 is 1. The van der Waals surface area contributed by atoms with Crippen molar-refractivity contribution in [3.05, 3.63) is 107 Å². The van der Waals surface area contributed by atoms with Crippen molar-refractivity contribution in [2.75, 3.05) is 19.0 Å². The van der Waals surface area contributed by atoms with Crippen LogP contribution >= 0.6 is 12.2 Å². The van der Waals surface area contributed by atoms with Crippen LogP contribution < -0.4 is 15.4 Å². The van der Waals surface area contributed by atoms with E-state index in [1.807, 2.05) is 35.2 Å². The van der Waals surface area contributed by atoms with Gasteiger partial charge in [-0.1, -0.05) is 30.3 Å². The third kappa shape index (κ3) is 5.69. The van der Waals surface area contributed by atoms with Gasteiger partial charge in [0.15, 0.2) is 5.11 Å². The van der Waals surface area contributed by atoms with Crippen LogP contribution in [-0.4, -0.2) is 39.1 Å². The molecule has 0 radical (unpaired) electrons. The van der Waals surface area contributed by atoms with Crippen LogP contribution in [0.1, 0.15) is 46.7 Å². The lowest BCUT2D eigenvalue weighted by Crippen LogP contribution is -2.33. The number of nitrogens with zero attached hydrogens (tertiary/aromatic N) is 3. The first kappa shape index (κ1) is 29.1. The summed E-state index contributed by atoms with van der Waals surface area (Å²) in [5, 5.41) is 6.66. The highest BCUT2D eigenvalue weighted by atomic mass is 32.1. The number of aromatic nitrogens is 2. The van der Waals surface area contributed by atoms with Crippen LogP contribution in [0.3, 0.4) is 0 Å². The zero-order valence-corrected chi connectivity index (χ0v) is 24.1. The number of hydrogen-bond donors (Lipinski definition) is 2. The van der Waals surface area contributed by atoms with E-state index in [9.17, 15) is 18.0 Å². The van der Waals surface area contributed by atoms with Gasteiger partial charge >= 0.3 is 6.18 Å². The average molecular weight is 594 g/mol. The molecule has 4 aromatic rings. The molecule has 42 heavy (non-hydrogen) atoms. The number of aryl methyl sites for hydroxylation is 1. The van der Waals surface area contributed by atoms with Crippen molar-refractivity contribution in [1.82, 2.24) is 19.8 Å². The van der Waals surface area contributed by atoms with Crippen molar-refractivity contribution in [2.45, 2.75) is 38.5 Å². The lowest BCUT2D eigenvalue weighted by Gasteiger charge is -2.28. The number of alkyl halides is 3. The Morgan fingerprint density at radius 2 is 1.79 bits per heavy atom. The van der Waals surface area contributed by atoms with E-state index in [1.165, 1.54) is 19.2 Å². The number of amides is 1. The summed E-state index contributed by atoms with van der Waals surface area (Å²) in [6, 6.07) is 19.3. The molecule has 218 valence electrons. The minimum Gasteiger partial charge on any atom is -0.495 e. The fourth-order valence-electron chi connectivity index (χ4n) is 5.53. The van der Waals surface area contributed by atoms with Crippen LogP contribution in [0.25, 0.3) is 5.69 Å². The van der Waals surface area contributed by atoms with E-state index < -0.39 is 17.8 Å². The predicted octanol–water partition coefficient (Wildman–Crippen LogP) is 6.52. The Labute approximate surface area is 247 Å². The molecule has 11 heteroatoms. The van der Waals surface area contributed by atoms with Crippen LogP contribution in [0.2, 0.25) is 0 Å². The van der Waals surface area contributed by atoms with E-state index in [0.29, 0.717) is 27.9 Å². The fraction of sp³-hybridized carbons (Fsp3) is 0.258. The third-order valence-corrected chi connectivity index (χ3v) is 7.75. The third-order valence-electron chi connectivity index (χ3n) is 7.40. The summed E-state index contributed by atoms with van der Waals surface area (Å²) in [6.45, 7) is 3.85. The number of benzene rings is 2. The molecule has 1 aliphatic heterocycles. The quantitative estimate of drug-likeness (QED) is 0.227. The molecule has 0 saturated carbocycles. The second-order valence-corrected chi connectivity index (χ2v) is 10.4. The van der Waals surface area contributed by atoms with Crippen molar-refractivity contribution >= 4 is 28.9 Å². The maximum absolute atomic E-state index is 14.0. The molecule has 0 spiro atoms. The van der Waals surface area contributed by atoms with Crippen LogP contribution in [0.15, 0.2) is 79.0 Å². The Bertz CT molecular complexity index is 1610. The number of rotatable bonds is 8. The lowest BCUT2D eigenvalue weighted by atomic mass is 9.96. The van der Waals surface area contributed by atoms with Crippen molar-refractivity contribution in [1.29, 1.82) is 0 Å². The number of carbonyl (C=O) groups is 1. The molecule has 3 heterocycles. The lowest BCUT2D eigenvalue weighted by molar-refractivity contribution is -0.137. The SMILES string of the molecule is COc1ccccc1NC(=O)CCN1C(=S)N[C@H](c2ccccn2)[C@@H]1c1cc(C)n(-c2ccccc2C(F)(F)F)c1C. The first-order valence-corrected chi connectivity index (χ1v) is 13.8. The highest BCUT2D eigenvalue weighted by Crippen LogP contribution is 2.43. The van der Waals surface area contributed by atoms with Gasteiger partial charge in [-0.05, 0) is 74.1 Å². The van der Waals surface area contributed by atoms with E-state index >= 15 is 0 Å². The summed E-state index contributed by atoms with van der Waals surface area (Å²) in [5.41, 5.74) is 2.70. The molecule has 2 aromatic carbocycles. The molecule has 2 aromatic heterocycles. The average Bonchev–Trinajstić information content (AvgIpc) is 3.46. The molecule has 0 unspecified atom stereocenters. The summed E-state index contributed by atoms with van der Waals surface area (Å²) in [5.74, 6) is 0.316. The van der Waals surface area contributed by atoms with Crippen molar-refractivity contribution in [3.63, 3.8) is 0 Å². The van der Waals surface area contributed by atoms with E-state index in [0.717, 1.165) is 17.3 Å². The Kier molecular flexibility index (Phi) is 8.22. The molecular formula is C31H30F3N5O2S. The minimum absolute atomic E-state index is 0.0527. The zero-order chi connectivity index (χ0) is 30.0. The van der Waals surface area contributed by atoms with Crippen molar-refractivity contribution in [3.8, 4) is 11.4 Å². The summed E-state index contributed by atoms with van der Waals surface area (Å²) < 4.78 is 48.9. The van der Waals surface area contributed by atoms with Gasteiger partial charge in [-0.15, -0.1) is 0 Å². The number of thiocarbonyl (C=S) groups is 1. The van der Waals surface area contributed by atoms with Crippen LogP contribution in [0, 0.1) is 13.8 Å². The Balaban J connectivity index is 1.51. The van der Waals surface area contributed by atoms with Gasteiger partial charge in [0, 0.05) is 30.6 Å². The van der Waals surface area contributed by atoms with E-state index in [1.54, 1.807) is 48.9 Å². The molecule has 1 amide bonds.